The van der Waals surface area contributed by atoms with Gasteiger partial charge in [0, 0.05) is 37.2 Å². The van der Waals surface area contributed by atoms with Gasteiger partial charge < -0.3 is 15.0 Å². The number of methoxy groups -OCH3 is 1. The highest BCUT2D eigenvalue weighted by molar-refractivity contribution is 5.93. The predicted octanol–water partition coefficient (Wildman–Crippen LogP) is 5.91. The van der Waals surface area contributed by atoms with Gasteiger partial charge in [-0.25, -0.2) is 9.97 Å². The number of alkyl halides is 3. The van der Waals surface area contributed by atoms with E-state index in [4.69, 9.17) is 4.74 Å². The number of carbonyl (C=O) groups is 1. The number of hydrogen-bond donors (Lipinski definition) is 1. The predicted molar refractivity (Wildman–Crippen MR) is 149 cm³/mol. The third-order valence-corrected chi connectivity index (χ3v) is 6.59. The Morgan fingerprint density at radius 3 is 2.43 bits per heavy atom. The van der Waals surface area contributed by atoms with Gasteiger partial charge >= 0.3 is 6.18 Å². The van der Waals surface area contributed by atoms with Crippen molar-refractivity contribution in [2.24, 2.45) is 0 Å². The zero-order chi connectivity index (χ0) is 30.8. The highest BCUT2D eigenvalue weighted by Gasteiger charge is 2.33. The smallest absolute Gasteiger partial charge is 0.416 e. The Morgan fingerprint density at radius 2 is 1.81 bits per heavy atom. The molecular weight excluding hydrogens is 553 g/mol. The van der Waals surface area contributed by atoms with Crippen LogP contribution in [0.25, 0.3) is 22.0 Å². The molecule has 10 nitrogen and oxygen atoms in total. The number of carbonyl (C=O) groups excluding carboxylic acids is 1. The number of aromatic nitrogens is 2. The highest BCUT2D eigenvalue weighted by atomic mass is 19.4. The number of fused-ring (bicyclic) bond motifs is 1. The molecule has 0 unspecified atom stereocenters. The second kappa shape index (κ2) is 11.7. The number of amides is 1. The summed E-state index contributed by atoms with van der Waals surface area (Å²) < 4.78 is 45.9. The number of likely N-dealkylation sites (N-methyl/N-ethyl adjacent to an activating group) is 1. The summed E-state index contributed by atoms with van der Waals surface area (Å²) in [7, 11) is 4.83. The van der Waals surface area contributed by atoms with Crippen molar-refractivity contribution in [3.8, 4) is 22.9 Å². The molecule has 4 rings (SSSR count). The van der Waals surface area contributed by atoms with Gasteiger partial charge in [0.15, 0.2) is 0 Å². The van der Waals surface area contributed by atoms with Crippen molar-refractivity contribution >= 4 is 28.3 Å². The first kappa shape index (κ1) is 29.7. The van der Waals surface area contributed by atoms with Crippen molar-refractivity contribution in [3.05, 3.63) is 87.2 Å². The zero-order valence-corrected chi connectivity index (χ0v) is 23.0. The van der Waals surface area contributed by atoms with Gasteiger partial charge in [-0.15, -0.1) is 0 Å². The number of nitrogens with one attached hydrogen (secondary N) is 1. The van der Waals surface area contributed by atoms with E-state index in [0.717, 1.165) is 17.7 Å². The molecule has 216 valence electrons. The topological polar surface area (TPSA) is 134 Å². The SMILES string of the molecule is COc1cc(-c2ccc3nc(C#N)nc(N[C@H](C)c4cc([N+](=O)[O-])cc(C(F)(F)F)c4)c3c2)ccc1CC(=O)N(C)C. The van der Waals surface area contributed by atoms with Gasteiger partial charge in [-0.1, -0.05) is 18.2 Å². The summed E-state index contributed by atoms with van der Waals surface area (Å²) in [5.74, 6) is 0.410. The van der Waals surface area contributed by atoms with Crippen LogP contribution < -0.4 is 10.1 Å². The van der Waals surface area contributed by atoms with Crippen molar-refractivity contribution in [1.82, 2.24) is 14.9 Å². The Labute approximate surface area is 238 Å². The third-order valence-electron chi connectivity index (χ3n) is 6.59. The van der Waals surface area contributed by atoms with Crippen LogP contribution in [0.4, 0.5) is 24.7 Å². The molecule has 4 aromatic rings. The number of halogens is 3. The van der Waals surface area contributed by atoms with E-state index < -0.39 is 28.4 Å². The van der Waals surface area contributed by atoms with Crippen LogP contribution in [0.15, 0.2) is 54.6 Å². The lowest BCUT2D eigenvalue weighted by Crippen LogP contribution is -2.23. The van der Waals surface area contributed by atoms with E-state index in [0.29, 0.717) is 33.8 Å². The van der Waals surface area contributed by atoms with Crippen LogP contribution in [0.1, 0.15) is 35.5 Å². The van der Waals surface area contributed by atoms with E-state index in [1.165, 1.54) is 18.9 Å². The maximum Gasteiger partial charge on any atom is 0.416 e. The van der Waals surface area contributed by atoms with E-state index in [-0.39, 0.29) is 29.5 Å². The number of nitriles is 1. The maximum atomic E-state index is 13.5. The third kappa shape index (κ3) is 6.38. The summed E-state index contributed by atoms with van der Waals surface area (Å²) in [6, 6.07) is 14.0. The first-order valence-electron chi connectivity index (χ1n) is 12.5. The molecule has 0 radical (unpaired) electrons. The number of benzene rings is 3. The zero-order valence-electron chi connectivity index (χ0n) is 23.0. The monoisotopic (exact) mass is 578 g/mol. The molecule has 1 heterocycles. The van der Waals surface area contributed by atoms with Crippen LogP contribution >= 0.6 is 0 Å². The van der Waals surface area contributed by atoms with E-state index in [1.54, 1.807) is 44.4 Å². The number of hydrogen-bond acceptors (Lipinski definition) is 8. The number of non-ortho nitro benzene ring substituents is 1. The second-order valence-electron chi connectivity index (χ2n) is 9.67. The van der Waals surface area contributed by atoms with Gasteiger partial charge in [0.2, 0.25) is 11.7 Å². The fraction of sp³-hybridized carbons (Fsp3) is 0.241. The standard InChI is InChI=1S/C29H25F3N6O4/c1-16(20-9-21(29(30,31)32)14-22(10-20)38(40)41)34-28-23-11-17(7-8-24(23)35-26(15-33)36-28)18-5-6-19(25(12-18)42-4)13-27(39)37(2)3/h5-12,14,16H,13H2,1-4H3,(H,34,35,36)/t16-/m1/s1. The van der Waals surface area contributed by atoms with Gasteiger partial charge in [0.05, 0.1) is 35.6 Å². The average Bonchev–Trinajstić information content (AvgIpc) is 2.96. The quantitative estimate of drug-likeness (QED) is 0.202. The van der Waals surface area contributed by atoms with E-state index >= 15 is 0 Å². The number of rotatable bonds is 8. The van der Waals surface area contributed by atoms with E-state index in [1.807, 2.05) is 12.1 Å². The molecule has 0 bridgehead atoms. The summed E-state index contributed by atoms with van der Waals surface area (Å²) in [5, 5.41) is 24.3. The van der Waals surface area contributed by atoms with Crippen LogP contribution in [0, 0.1) is 21.4 Å². The molecule has 0 aliphatic carbocycles. The molecule has 0 saturated carbocycles. The van der Waals surface area contributed by atoms with E-state index in [9.17, 15) is 33.3 Å². The molecule has 1 aromatic heterocycles. The first-order valence-corrected chi connectivity index (χ1v) is 12.5. The minimum absolute atomic E-state index is 0.00514. The Kier molecular flexibility index (Phi) is 8.28. The van der Waals surface area contributed by atoms with Gasteiger partial charge in [-0.05, 0) is 47.9 Å². The van der Waals surface area contributed by atoms with Crippen molar-refractivity contribution in [3.63, 3.8) is 0 Å². The minimum atomic E-state index is -4.79. The lowest BCUT2D eigenvalue weighted by atomic mass is 9.99. The number of ether oxygens (including phenoxy) is 1. The fourth-order valence-electron chi connectivity index (χ4n) is 4.30. The Bertz CT molecular complexity index is 1730. The second-order valence-corrected chi connectivity index (χ2v) is 9.67. The Hall–Kier alpha value is -5.25. The van der Waals surface area contributed by atoms with Gasteiger partial charge in [-0.2, -0.15) is 18.4 Å². The molecule has 1 amide bonds. The lowest BCUT2D eigenvalue weighted by Gasteiger charge is -2.18. The molecule has 13 heteroatoms. The molecule has 3 aromatic carbocycles. The molecule has 42 heavy (non-hydrogen) atoms. The lowest BCUT2D eigenvalue weighted by molar-refractivity contribution is -0.385. The van der Waals surface area contributed by atoms with Crippen molar-refractivity contribution in [1.29, 1.82) is 5.26 Å². The summed E-state index contributed by atoms with van der Waals surface area (Å²) in [6.07, 6.45) is -4.64. The highest BCUT2D eigenvalue weighted by Crippen LogP contribution is 2.36. The molecule has 0 spiro atoms. The molecule has 0 saturated heterocycles. The van der Waals surface area contributed by atoms with Crippen LogP contribution in [-0.4, -0.2) is 46.9 Å². The summed E-state index contributed by atoms with van der Waals surface area (Å²) in [5.41, 5.74) is 0.703. The number of nitrogens with zero attached hydrogens (tertiary/aromatic N) is 5. The van der Waals surface area contributed by atoms with Gasteiger partial charge in [0.1, 0.15) is 17.6 Å². The van der Waals surface area contributed by atoms with Crippen LogP contribution in [0.5, 0.6) is 5.75 Å². The van der Waals surface area contributed by atoms with Crippen LogP contribution in [-0.2, 0) is 17.4 Å². The minimum Gasteiger partial charge on any atom is -0.496 e. The molecule has 1 atom stereocenters. The number of anilines is 1. The Morgan fingerprint density at radius 1 is 1.12 bits per heavy atom. The molecule has 0 aliphatic heterocycles. The van der Waals surface area contributed by atoms with Crippen molar-refractivity contribution in [2.45, 2.75) is 25.6 Å². The Balaban J connectivity index is 1.77. The fourth-order valence-corrected chi connectivity index (χ4v) is 4.30. The first-order chi connectivity index (χ1) is 19.8. The number of nitro benzene ring substituents is 1. The molecule has 0 fully saturated rings. The van der Waals surface area contributed by atoms with Crippen LogP contribution in [0.2, 0.25) is 0 Å². The van der Waals surface area contributed by atoms with Gasteiger partial charge in [-0.3, -0.25) is 14.9 Å². The molecule has 1 N–H and O–H groups in total. The van der Waals surface area contributed by atoms with Crippen molar-refractivity contribution in [2.75, 3.05) is 26.5 Å². The van der Waals surface area contributed by atoms with Crippen molar-refractivity contribution < 1.29 is 27.6 Å². The van der Waals surface area contributed by atoms with Crippen LogP contribution in [0.3, 0.4) is 0 Å². The average molecular weight is 579 g/mol. The van der Waals surface area contributed by atoms with E-state index in [2.05, 4.69) is 15.3 Å². The summed E-state index contributed by atoms with van der Waals surface area (Å²) >= 11 is 0. The largest absolute Gasteiger partial charge is 0.496 e. The molecule has 0 aliphatic rings. The van der Waals surface area contributed by atoms with Gasteiger partial charge in [0.25, 0.3) is 5.69 Å². The summed E-state index contributed by atoms with van der Waals surface area (Å²) in [4.78, 5) is 32.6. The normalized spacial score (nSPS) is 12.0. The maximum absolute atomic E-state index is 13.5. The summed E-state index contributed by atoms with van der Waals surface area (Å²) in [6.45, 7) is 1.53. The number of nitro groups is 1. The molecular formula is C29H25F3N6O4.